The quantitative estimate of drug-likeness (QED) is 0.532. The molecule has 3 aromatic rings. The number of carbonyl (C=O) groups is 3. The molecule has 2 heterocycles. The molecular weight excluding hydrogens is 463 g/mol. The molecule has 7 nitrogen and oxygen atoms in total. The van der Waals surface area contributed by atoms with Crippen LogP contribution in [0.5, 0.6) is 0 Å². The van der Waals surface area contributed by atoms with Crippen molar-refractivity contribution in [2.45, 2.75) is 19.1 Å². The maximum atomic E-state index is 14.6. The number of esters is 1. The van der Waals surface area contributed by atoms with Gasteiger partial charge in [0.2, 0.25) is 0 Å². The Hall–Kier alpha value is -4.46. The van der Waals surface area contributed by atoms with E-state index in [1.165, 1.54) is 23.1 Å². The molecule has 2 aliphatic heterocycles. The van der Waals surface area contributed by atoms with Crippen LogP contribution in [0.25, 0.3) is 11.8 Å². The lowest BCUT2D eigenvalue weighted by atomic mass is 10.0. The molecular formula is C28H23FN2O5. The number of alkyl carbamates (subject to hydrolysis) is 1. The molecule has 1 saturated heterocycles. The van der Waals surface area contributed by atoms with Gasteiger partial charge < -0.3 is 19.7 Å². The summed E-state index contributed by atoms with van der Waals surface area (Å²) in [6.45, 7) is 0.766. The van der Waals surface area contributed by atoms with Gasteiger partial charge in [0.05, 0.1) is 17.2 Å². The fourth-order valence-corrected chi connectivity index (χ4v) is 4.31. The summed E-state index contributed by atoms with van der Waals surface area (Å²) in [4.78, 5) is 38.8. The highest BCUT2D eigenvalue weighted by molar-refractivity contribution is 6.05. The van der Waals surface area contributed by atoms with E-state index in [2.05, 4.69) is 5.32 Å². The van der Waals surface area contributed by atoms with E-state index in [4.69, 9.17) is 9.47 Å². The zero-order valence-electron chi connectivity index (χ0n) is 19.3. The summed E-state index contributed by atoms with van der Waals surface area (Å²) < 4.78 is 25.2. The van der Waals surface area contributed by atoms with E-state index in [1.807, 2.05) is 30.3 Å². The zero-order chi connectivity index (χ0) is 25.1. The van der Waals surface area contributed by atoms with Gasteiger partial charge in [-0.2, -0.15) is 0 Å². The SMILES string of the molecule is O=C(N[C@H]1CCN(C(=O)c2cc(/C=C3\OC(=O)c4ccccc43)ccc2F)C1)OCc1ccccc1. The van der Waals surface area contributed by atoms with Gasteiger partial charge in [-0.05, 0) is 41.8 Å². The third-order valence-corrected chi connectivity index (χ3v) is 6.14. The summed E-state index contributed by atoms with van der Waals surface area (Å²) in [6.07, 6.45) is 1.57. The van der Waals surface area contributed by atoms with E-state index in [0.29, 0.717) is 35.4 Å². The minimum atomic E-state index is -0.648. The third-order valence-electron chi connectivity index (χ3n) is 6.14. The number of hydrogen-bond donors (Lipinski definition) is 1. The van der Waals surface area contributed by atoms with Crippen molar-refractivity contribution in [1.82, 2.24) is 10.2 Å². The fourth-order valence-electron chi connectivity index (χ4n) is 4.31. The lowest BCUT2D eigenvalue weighted by Crippen LogP contribution is -2.38. The van der Waals surface area contributed by atoms with Crippen molar-refractivity contribution >= 4 is 29.8 Å². The number of carbonyl (C=O) groups excluding carboxylic acids is 3. The van der Waals surface area contributed by atoms with Gasteiger partial charge in [0, 0.05) is 18.7 Å². The Bertz CT molecular complexity index is 1360. The van der Waals surface area contributed by atoms with Gasteiger partial charge in [0.15, 0.2) is 0 Å². The summed E-state index contributed by atoms with van der Waals surface area (Å²) in [5.74, 6) is -1.23. The van der Waals surface area contributed by atoms with E-state index in [-0.39, 0.29) is 24.8 Å². The minimum Gasteiger partial charge on any atom is -0.445 e. The highest BCUT2D eigenvalue weighted by Crippen LogP contribution is 2.31. The summed E-state index contributed by atoms with van der Waals surface area (Å²) in [5.41, 5.74) is 2.41. The van der Waals surface area contributed by atoms with Crippen molar-refractivity contribution in [3.8, 4) is 0 Å². The number of cyclic esters (lactones) is 1. The highest BCUT2D eigenvalue weighted by Gasteiger charge is 2.30. The topological polar surface area (TPSA) is 84.9 Å². The predicted molar refractivity (Wildman–Crippen MR) is 130 cm³/mol. The predicted octanol–water partition coefficient (Wildman–Crippen LogP) is 4.64. The van der Waals surface area contributed by atoms with Gasteiger partial charge >= 0.3 is 12.1 Å². The molecule has 0 aromatic heterocycles. The average molecular weight is 486 g/mol. The first-order chi connectivity index (χ1) is 17.5. The van der Waals surface area contributed by atoms with Crippen LogP contribution in [0.2, 0.25) is 0 Å². The maximum absolute atomic E-state index is 14.6. The molecule has 0 aliphatic carbocycles. The van der Waals surface area contributed by atoms with Crippen molar-refractivity contribution in [2.24, 2.45) is 0 Å². The van der Waals surface area contributed by atoms with Gasteiger partial charge in [0.1, 0.15) is 18.2 Å². The number of ether oxygens (including phenoxy) is 2. The molecule has 182 valence electrons. The molecule has 0 unspecified atom stereocenters. The van der Waals surface area contributed by atoms with E-state index in [9.17, 15) is 18.8 Å². The van der Waals surface area contributed by atoms with Crippen molar-refractivity contribution in [3.05, 3.63) is 106 Å². The number of nitrogens with one attached hydrogen (secondary N) is 1. The Balaban J connectivity index is 1.23. The van der Waals surface area contributed by atoms with Gasteiger partial charge in [-0.3, -0.25) is 4.79 Å². The molecule has 1 N–H and O–H groups in total. The standard InChI is InChI=1S/C28H23FN2O5/c29-24-11-10-19(15-25-21-8-4-5-9-22(21)27(33)36-25)14-23(24)26(32)31-13-12-20(16-31)30-28(34)35-17-18-6-2-1-3-7-18/h1-11,14-15,20H,12-13,16-17H2,(H,30,34)/b25-15-/t20-/m0/s1. The Labute approximate surface area is 207 Å². The summed E-state index contributed by atoms with van der Waals surface area (Å²) in [7, 11) is 0. The van der Waals surface area contributed by atoms with Crippen LogP contribution in [0.4, 0.5) is 9.18 Å². The number of benzene rings is 3. The second-order valence-electron chi connectivity index (χ2n) is 8.63. The van der Waals surface area contributed by atoms with Crippen LogP contribution in [0.1, 0.15) is 43.8 Å². The highest BCUT2D eigenvalue weighted by atomic mass is 19.1. The number of rotatable bonds is 5. The second-order valence-corrected chi connectivity index (χ2v) is 8.63. The summed E-state index contributed by atoms with van der Waals surface area (Å²) >= 11 is 0. The van der Waals surface area contributed by atoms with Crippen LogP contribution >= 0.6 is 0 Å². The van der Waals surface area contributed by atoms with Crippen LogP contribution in [0.3, 0.4) is 0 Å². The number of nitrogens with zero attached hydrogens (tertiary/aromatic N) is 1. The minimum absolute atomic E-state index is 0.0886. The third kappa shape index (κ3) is 4.98. The van der Waals surface area contributed by atoms with Crippen LogP contribution in [-0.2, 0) is 16.1 Å². The molecule has 0 spiro atoms. The monoisotopic (exact) mass is 486 g/mol. The van der Waals surface area contributed by atoms with Crippen molar-refractivity contribution in [2.75, 3.05) is 13.1 Å². The molecule has 0 radical (unpaired) electrons. The van der Waals surface area contributed by atoms with E-state index in [0.717, 1.165) is 5.56 Å². The molecule has 36 heavy (non-hydrogen) atoms. The van der Waals surface area contributed by atoms with Gasteiger partial charge in [-0.15, -0.1) is 0 Å². The van der Waals surface area contributed by atoms with Crippen molar-refractivity contribution in [1.29, 1.82) is 0 Å². The molecule has 0 saturated carbocycles. The molecule has 1 fully saturated rings. The molecule has 2 amide bonds. The normalized spacial score (nSPS) is 17.6. The van der Waals surface area contributed by atoms with Gasteiger partial charge in [0.25, 0.3) is 5.91 Å². The van der Waals surface area contributed by atoms with Crippen LogP contribution in [0.15, 0.2) is 72.8 Å². The second kappa shape index (κ2) is 10.0. The van der Waals surface area contributed by atoms with E-state index >= 15 is 0 Å². The molecule has 0 bridgehead atoms. The smallest absolute Gasteiger partial charge is 0.407 e. The Morgan fingerprint density at radius 1 is 1.06 bits per heavy atom. The largest absolute Gasteiger partial charge is 0.445 e. The zero-order valence-corrected chi connectivity index (χ0v) is 19.3. The average Bonchev–Trinajstić information content (AvgIpc) is 3.48. The number of fused-ring (bicyclic) bond motifs is 1. The number of halogens is 1. The Morgan fingerprint density at radius 3 is 2.61 bits per heavy atom. The first-order valence-corrected chi connectivity index (χ1v) is 11.6. The fraction of sp³-hybridized carbons (Fsp3) is 0.179. The van der Waals surface area contributed by atoms with E-state index < -0.39 is 23.8 Å². The van der Waals surface area contributed by atoms with Crippen LogP contribution in [-0.4, -0.2) is 42.0 Å². The molecule has 3 aromatic carbocycles. The summed E-state index contributed by atoms with van der Waals surface area (Å²) in [6, 6.07) is 20.2. The van der Waals surface area contributed by atoms with Gasteiger partial charge in [-0.1, -0.05) is 54.6 Å². The lowest BCUT2D eigenvalue weighted by Gasteiger charge is -2.18. The molecule has 1 atom stereocenters. The van der Waals surface area contributed by atoms with E-state index in [1.54, 1.807) is 30.3 Å². The van der Waals surface area contributed by atoms with Crippen LogP contribution in [0, 0.1) is 5.82 Å². The number of likely N-dealkylation sites (tertiary alicyclic amines) is 1. The Kier molecular flexibility index (Phi) is 6.49. The number of hydrogen-bond acceptors (Lipinski definition) is 5. The number of amides is 2. The van der Waals surface area contributed by atoms with Gasteiger partial charge in [-0.25, -0.2) is 14.0 Å². The summed E-state index contributed by atoms with van der Waals surface area (Å²) in [5, 5.41) is 2.77. The van der Waals surface area contributed by atoms with Crippen LogP contribution < -0.4 is 5.32 Å². The maximum Gasteiger partial charge on any atom is 0.407 e. The molecule has 8 heteroatoms. The van der Waals surface area contributed by atoms with Crippen molar-refractivity contribution < 1.29 is 28.2 Å². The molecule has 2 aliphatic rings. The van der Waals surface area contributed by atoms with Crippen molar-refractivity contribution in [3.63, 3.8) is 0 Å². The molecule has 5 rings (SSSR count). The first kappa shape index (κ1) is 23.3. The first-order valence-electron chi connectivity index (χ1n) is 11.6. The Morgan fingerprint density at radius 2 is 1.81 bits per heavy atom. The lowest BCUT2D eigenvalue weighted by molar-refractivity contribution is 0.0716.